The van der Waals surface area contributed by atoms with Crippen LogP contribution in [0.25, 0.3) is 0 Å². The highest BCUT2D eigenvalue weighted by molar-refractivity contribution is 7.37. The Morgan fingerprint density at radius 1 is 1.17 bits per heavy atom. The van der Waals surface area contributed by atoms with E-state index in [1.807, 2.05) is 6.92 Å². The van der Waals surface area contributed by atoms with Crippen molar-refractivity contribution in [2.75, 3.05) is 46.6 Å². The van der Waals surface area contributed by atoms with Gasteiger partial charge >= 0.3 is 5.97 Å². The van der Waals surface area contributed by atoms with Crippen LogP contribution in [0.3, 0.4) is 0 Å². The second-order valence-corrected chi connectivity index (χ2v) is 6.99. The first kappa shape index (κ1) is 17.6. The first-order chi connectivity index (χ1) is 8.45. The maximum Gasteiger partial charge on any atom is 0.330 e. The molecule has 1 atom stereocenters. The Morgan fingerprint density at radius 3 is 2.50 bits per heavy atom. The summed E-state index contributed by atoms with van der Waals surface area (Å²) >= 11 is 0. The molecule has 0 saturated carbocycles. The molecular weight excluding hydrogens is 245 g/mol. The number of allylic oxidation sites excluding steroid dienone is 1. The molecule has 3 nitrogen and oxygen atoms in total. The monoisotopic (exact) mass is 274 g/mol. The zero-order valence-corrected chi connectivity index (χ0v) is 13.4. The third-order valence-corrected chi connectivity index (χ3v) is 3.79. The van der Waals surface area contributed by atoms with Gasteiger partial charge < -0.3 is 9.22 Å². The van der Waals surface area contributed by atoms with E-state index in [4.69, 9.17) is 4.74 Å². The first-order valence-corrected chi connectivity index (χ1v) is 8.18. The van der Waals surface area contributed by atoms with Gasteiger partial charge in [0, 0.05) is 12.2 Å². The number of carbonyl (C=O) groups is 1. The Kier molecular flexibility index (Phi) is 10.3. The molecule has 0 N–H and O–H groups in total. The molecule has 0 aliphatic carbocycles. The number of esters is 1. The lowest BCUT2D eigenvalue weighted by atomic mass is 10.3. The zero-order valence-electron chi connectivity index (χ0n) is 12.4. The van der Waals surface area contributed by atoms with Crippen LogP contribution in [0, 0.1) is 0 Å². The molecule has 18 heavy (non-hydrogen) atoms. The fraction of sp³-hybridized carbons (Fsp3) is 0.786. The van der Waals surface area contributed by atoms with Crippen molar-refractivity contribution in [2.24, 2.45) is 0 Å². The Morgan fingerprint density at radius 2 is 1.89 bits per heavy atom. The van der Waals surface area contributed by atoms with Crippen LogP contribution in [-0.2, 0) is 9.53 Å². The topological polar surface area (TPSA) is 26.3 Å². The molecule has 0 amide bonds. The van der Waals surface area contributed by atoms with Crippen molar-refractivity contribution in [3.8, 4) is 0 Å². The summed E-state index contributed by atoms with van der Waals surface area (Å²) in [5.41, 5.74) is 0. The van der Waals surface area contributed by atoms with Gasteiger partial charge in [0.1, 0.15) is 0 Å². The van der Waals surface area contributed by atoms with Crippen molar-refractivity contribution in [3.05, 3.63) is 12.2 Å². The van der Waals surface area contributed by atoms with Crippen LogP contribution in [0.2, 0.25) is 0 Å². The average molecular weight is 274 g/mol. The maximum absolute atomic E-state index is 11.0. The fourth-order valence-corrected chi connectivity index (χ4v) is 3.00. The van der Waals surface area contributed by atoms with Crippen molar-refractivity contribution < 1.29 is 14.0 Å². The van der Waals surface area contributed by atoms with Crippen LogP contribution in [0.15, 0.2) is 12.2 Å². The summed E-state index contributed by atoms with van der Waals surface area (Å²) in [6, 6.07) is 0. The third kappa shape index (κ3) is 13.7. The Labute approximate surface area is 114 Å². The molecule has 0 bridgehead atoms. The zero-order chi connectivity index (χ0) is 13.9. The van der Waals surface area contributed by atoms with E-state index >= 15 is 0 Å². The quantitative estimate of drug-likeness (QED) is 0.201. The fourth-order valence-electron chi connectivity index (χ4n) is 1.43. The molecule has 0 heterocycles. The highest BCUT2D eigenvalue weighted by Gasteiger charge is 2.04. The second kappa shape index (κ2) is 10.5. The number of nitrogens with zero attached hydrogens (tertiary/aromatic N) is 1. The molecule has 0 saturated heterocycles. The third-order valence-electron chi connectivity index (χ3n) is 2.50. The van der Waals surface area contributed by atoms with E-state index < -0.39 is 0 Å². The Hall–Kier alpha value is -0.400. The average Bonchev–Trinajstić information content (AvgIpc) is 2.25. The van der Waals surface area contributed by atoms with E-state index in [1.165, 1.54) is 37.8 Å². The molecule has 0 aromatic rings. The summed E-state index contributed by atoms with van der Waals surface area (Å²) in [5, 5.41) is 0. The van der Waals surface area contributed by atoms with Crippen molar-refractivity contribution in [3.63, 3.8) is 0 Å². The van der Waals surface area contributed by atoms with E-state index in [-0.39, 0.29) is 5.97 Å². The minimum Gasteiger partial charge on any atom is -0.463 e. The van der Waals surface area contributed by atoms with Gasteiger partial charge in [-0.15, -0.1) is 8.58 Å². The van der Waals surface area contributed by atoms with E-state index in [2.05, 4.69) is 21.1 Å². The number of quaternary nitrogens is 1. The van der Waals surface area contributed by atoms with E-state index in [0.29, 0.717) is 6.61 Å². The van der Waals surface area contributed by atoms with Gasteiger partial charge in [0.15, 0.2) is 0 Å². The van der Waals surface area contributed by atoms with Crippen LogP contribution in [0.5, 0.6) is 0 Å². The summed E-state index contributed by atoms with van der Waals surface area (Å²) in [7, 11) is 7.80. The van der Waals surface area contributed by atoms with Crippen molar-refractivity contribution >= 4 is 14.6 Å². The minimum absolute atomic E-state index is 0.220. The van der Waals surface area contributed by atoms with Crippen molar-refractivity contribution in [1.29, 1.82) is 0 Å². The molecular formula is C14H29NO2P+. The maximum atomic E-state index is 11.0. The smallest absolute Gasteiger partial charge is 0.330 e. The second-order valence-electron chi connectivity index (χ2n) is 5.49. The van der Waals surface area contributed by atoms with Crippen LogP contribution in [0.1, 0.15) is 26.2 Å². The van der Waals surface area contributed by atoms with E-state index in [0.717, 1.165) is 19.5 Å². The molecule has 0 radical (unpaired) electrons. The molecule has 1 unspecified atom stereocenters. The largest absolute Gasteiger partial charge is 0.463 e. The Bertz CT molecular complexity index is 247. The minimum atomic E-state index is -0.220. The number of unbranched alkanes of at least 4 members (excludes halogenated alkanes) is 2. The predicted molar refractivity (Wildman–Crippen MR) is 80.6 cm³/mol. The SMILES string of the molecule is CC=CC(=O)OCCCCCPCC[N+](C)(C)C. The van der Waals surface area contributed by atoms with Gasteiger partial charge in [-0.3, -0.25) is 0 Å². The summed E-state index contributed by atoms with van der Waals surface area (Å²) in [6.07, 6.45) is 9.24. The van der Waals surface area contributed by atoms with E-state index in [9.17, 15) is 4.79 Å². The number of hydrogen-bond acceptors (Lipinski definition) is 2. The van der Waals surface area contributed by atoms with Crippen molar-refractivity contribution in [2.45, 2.75) is 26.2 Å². The normalized spacial score (nSPS) is 12.7. The van der Waals surface area contributed by atoms with E-state index in [1.54, 1.807) is 6.08 Å². The number of rotatable bonds is 10. The lowest BCUT2D eigenvalue weighted by Crippen LogP contribution is -2.36. The molecule has 0 spiro atoms. The lowest BCUT2D eigenvalue weighted by molar-refractivity contribution is -0.867. The van der Waals surface area contributed by atoms with Gasteiger partial charge in [0.25, 0.3) is 0 Å². The van der Waals surface area contributed by atoms with Crippen LogP contribution in [-0.4, -0.2) is 57.1 Å². The standard InChI is InChI=1S/C14H29NO2P/c1-5-9-14(16)17-11-7-6-8-12-18-13-10-15(2,3)4/h5,9,18H,6-8,10-13H2,1-4H3/q+1. The number of carbonyl (C=O) groups excluding carboxylic acids is 1. The number of hydrogen-bond donors (Lipinski definition) is 0. The predicted octanol–water partition coefficient (Wildman–Crippen LogP) is 2.66. The van der Waals surface area contributed by atoms with Gasteiger partial charge in [-0.25, -0.2) is 4.79 Å². The molecule has 0 aromatic carbocycles. The van der Waals surface area contributed by atoms with Gasteiger partial charge in [-0.2, -0.15) is 0 Å². The molecule has 106 valence electrons. The first-order valence-electron chi connectivity index (χ1n) is 6.76. The van der Waals surface area contributed by atoms with Crippen LogP contribution >= 0.6 is 8.58 Å². The molecule has 0 aromatic heterocycles. The molecule has 0 aliphatic heterocycles. The summed E-state index contributed by atoms with van der Waals surface area (Å²) in [6.45, 7) is 3.64. The highest BCUT2D eigenvalue weighted by atomic mass is 31.1. The summed E-state index contributed by atoms with van der Waals surface area (Å²) < 4.78 is 6.09. The van der Waals surface area contributed by atoms with Gasteiger partial charge in [-0.1, -0.05) is 6.08 Å². The lowest BCUT2D eigenvalue weighted by Gasteiger charge is -2.23. The number of ether oxygens (including phenoxy) is 1. The van der Waals surface area contributed by atoms with Crippen LogP contribution in [0.4, 0.5) is 0 Å². The van der Waals surface area contributed by atoms with Crippen molar-refractivity contribution in [1.82, 2.24) is 0 Å². The van der Waals surface area contributed by atoms with Gasteiger partial charge in [-0.05, 0) is 32.3 Å². The Balaban J connectivity index is 3.19. The molecule has 0 rings (SSSR count). The van der Waals surface area contributed by atoms with Crippen LogP contribution < -0.4 is 0 Å². The van der Waals surface area contributed by atoms with Gasteiger partial charge in [0.05, 0.1) is 34.3 Å². The molecule has 0 fully saturated rings. The summed E-state index contributed by atoms with van der Waals surface area (Å²) in [4.78, 5) is 11.0. The summed E-state index contributed by atoms with van der Waals surface area (Å²) in [5.74, 6) is -0.220. The molecule has 0 aliphatic rings. The molecule has 4 heteroatoms. The highest BCUT2D eigenvalue weighted by Crippen LogP contribution is 2.14. The van der Waals surface area contributed by atoms with Gasteiger partial charge in [0.2, 0.25) is 0 Å².